The van der Waals surface area contributed by atoms with Gasteiger partial charge in [0.25, 0.3) is 0 Å². The molecule has 140 valence electrons. The van der Waals surface area contributed by atoms with Crippen molar-refractivity contribution in [1.82, 2.24) is 0 Å². The monoisotopic (exact) mass is 300 g/mol. The SMILES string of the molecule is C.C.C.C.C.C.C.C.CCCCCC.CCCCCC. The second-order valence-corrected chi connectivity index (χ2v) is 3.41. The molecular weight excluding hydrogens is 240 g/mol. The standard InChI is InChI=1S/2C6H14.8CH4/c2*1-3-5-6-4-2;;;;;;;;/h2*3-6H2,1-2H3;8*1H4. The van der Waals surface area contributed by atoms with E-state index < -0.39 is 0 Å². The summed E-state index contributed by atoms with van der Waals surface area (Å²) in [5, 5.41) is 0. The van der Waals surface area contributed by atoms with E-state index in [9.17, 15) is 0 Å². The molecule has 0 unspecified atom stereocenters. The second kappa shape index (κ2) is 96.2. The van der Waals surface area contributed by atoms with E-state index in [0.717, 1.165) is 0 Å². The predicted octanol–water partition coefficient (Wildman–Crippen LogP) is 10.3. The van der Waals surface area contributed by atoms with Gasteiger partial charge in [-0.2, -0.15) is 0 Å². The van der Waals surface area contributed by atoms with Gasteiger partial charge in [0.15, 0.2) is 0 Å². The zero-order chi connectivity index (χ0) is 9.66. The summed E-state index contributed by atoms with van der Waals surface area (Å²) in [5.41, 5.74) is 0. The van der Waals surface area contributed by atoms with E-state index in [1.807, 2.05) is 0 Å². The Hall–Kier alpha value is 0. The molecule has 0 aromatic rings. The van der Waals surface area contributed by atoms with Crippen molar-refractivity contribution in [2.24, 2.45) is 0 Å². The quantitative estimate of drug-likeness (QED) is 0.428. The minimum atomic E-state index is 0. The van der Waals surface area contributed by atoms with E-state index in [1.54, 1.807) is 0 Å². The number of rotatable bonds is 6. The average molecular weight is 301 g/mol. The van der Waals surface area contributed by atoms with Crippen LogP contribution in [0.3, 0.4) is 0 Å². The second-order valence-electron chi connectivity index (χ2n) is 3.41. The molecule has 20 heavy (non-hydrogen) atoms. The normalized spacial score (nSPS) is 5.40. The molecule has 0 spiro atoms. The summed E-state index contributed by atoms with van der Waals surface area (Å²) in [6.45, 7) is 8.93. The maximum atomic E-state index is 2.23. The fourth-order valence-corrected chi connectivity index (χ4v) is 1.000. The lowest BCUT2D eigenvalue weighted by Gasteiger charge is -1.86. The molecule has 0 aromatic carbocycles. The van der Waals surface area contributed by atoms with Crippen LogP contribution in [0.4, 0.5) is 0 Å². The molecule has 0 aromatic heterocycles. The van der Waals surface area contributed by atoms with Crippen LogP contribution < -0.4 is 0 Å². The average Bonchev–Trinajstić information content (AvgIpc) is 2.12. The lowest BCUT2D eigenvalue weighted by molar-refractivity contribution is 0.702. The fourth-order valence-electron chi connectivity index (χ4n) is 1.000. The predicted molar refractivity (Wildman–Crippen MR) is 113 cm³/mol. The van der Waals surface area contributed by atoms with Gasteiger partial charge in [0.05, 0.1) is 0 Å². The van der Waals surface area contributed by atoms with Crippen LogP contribution in [0.15, 0.2) is 0 Å². The molecule has 0 rings (SSSR count). The highest BCUT2D eigenvalue weighted by molar-refractivity contribution is 4.31. The largest absolute Gasteiger partial charge is 0.0776 e. The van der Waals surface area contributed by atoms with E-state index in [4.69, 9.17) is 0 Å². The highest BCUT2D eigenvalue weighted by Gasteiger charge is 1.75. The Morgan fingerprint density at radius 2 is 0.400 bits per heavy atom. The maximum absolute atomic E-state index is 2.23. The Balaban J connectivity index is -0.00000000893. The fraction of sp³-hybridized carbons (Fsp3) is 1.00. The topological polar surface area (TPSA) is 0 Å². The molecule has 0 aliphatic rings. The molecule has 0 N–H and O–H groups in total. The van der Waals surface area contributed by atoms with Crippen LogP contribution in [0.1, 0.15) is 138 Å². The van der Waals surface area contributed by atoms with Gasteiger partial charge in [0.1, 0.15) is 0 Å². The van der Waals surface area contributed by atoms with Crippen molar-refractivity contribution in [2.45, 2.75) is 138 Å². The first-order chi connectivity index (χ1) is 5.83. The molecule has 0 atom stereocenters. The van der Waals surface area contributed by atoms with Crippen LogP contribution in [0.25, 0.3) is 0 Å². The van der Waals surface area contributed by atoms with Gasteiger partial charge in [-0.1, -0.05) is 138 Å². The van der Waals surface area contributed by atoms with Gasteiger partial charge in [0, 0.05) is 0 Å². The Bertz CT molecular complexity index is 32.0. The molecule has 0 aliphatic heterocycles. The van der Waals surface area contributed by atoms with Crippen molar-refractivity contribution < 1.29 is 0 Å². The molecule has 0 aliphatic carbocycles. The summed E-state index contributed by atoms with van der Waals surface area (Å²) in [6.07, 6.45) is 11.1. The molecule has 0 fully saturated rings. The minimum Gasteiger partial charge on any atom is -0.0776 e. The molecule has 0 saturated heterocycles. The van der Waals surface area contributed by atoms with Gasteiger partial charge >= 0.3 is 0 Å². The minimum absolute atomic E-state index is 0. The number of hydrogen-bond donors (Lipinski definition) is 0. The van der Waals surface area contributed by atoms with Crippen LogP contribution in [-0.4, -0.2) is 0 Å². The third-order valence-corrected chi connectivity index (χ3v) is 1.91. The Labute approximate surface area is 139 Å². The highest BCUT2D eigenvalue weighted by Crippen LogP contribution is 1.95. The third-order valence-electron chi connectivity index (χ3n) is 1.91. The van der Waals surface area contributed by atoms with Crippen molar-refractivity contribution in [2.75, 3.05) is 0 Å². The lowest BCUT2D eigenvalue weighted by atomic mass is 10.2. The number of unbranched alkanes of at least 4 members (excludes halogenated alkanes) is 6. The van der Waals surface area contributed by atoms with E-state index in [-0.39, 0.29) is 59.4 Å². The molecule has 0 bridgehead atoms. The van der Waals surface area contributed by atoms with E-state index in [1.165, 1.54) is 51.4 Å². The summed E-state index contributed by atoms with van der Waals surface area (Å²) in [4.78, 5) is 0. The first-order valence-corrected chi connectivity index (χ1v) is 5.83. The van der Waals surface area contributed by atoms with Gasteiger partial charge in [-0.05, 0) is 0 Å². The zero-order valence-corrected chi connectivity index (χ0v) is 9.66. The molecule has 0 radical (unpaired) electrons. The van der Waals surface area contributed by atoms with Crippen LogP contribution >= 0.6 is 0 Å². The Kier molecular flexibility index (Phi) is 347. The van der Waals surface area contributed by atoms with Crippen LogP contribution in [0.5, 0.6) is 0 Å². The van der Waals surface area contributed by atoms with Crippen LogP contribution in [0.2, 0.25) is 0 Å². The van der Waals surface area contributed by atoms with Crippen LogP contribution in [-0.2, 0) is 0 Å². The molecule has 0 saturated carbocycles. The van der Waals surface area contributed by atoms with E-state index in [0.29, 0.717) is 0 Å². The van der Waals surface area contributed by atoms with Crippen molar-refractivity contribution in [3.05, 3.63) is 0 Å². The first-order valence-electron chi connectivity index (χ1n) is 5.83. The zero-order valence-electron chi connectivity index (χ0n) is 9.66. The maximum Gasteiger partial charge on any atom is -0.0536 e. The third kappa shape index (κ3) is 144. The van der Waals surface area contributed by atoms with Crippen molar-refractivity contribution in [1.29, 1.82) is 0 Å². The summed E-state index contributed by atoms with van der Waals surface area (Å²) in [5.74, 6) is 0. The summed E-state index contributed by atoms with van der Waals surface area (Å²) >= 11 is 0. The summed E-state index contributed by atoms with van der Waals surface area (Å²) in [6, 6.07) is 0. The van der Waals surface area contributed by atoms with Gasteiger partial charge in [-0.15, -0.1) is 0 Å². The van der Waals surface area contributed by atoms with Gasteiger partial charge in [-0.3, -0.25) is 0 Å². The first kappa shape index (κ1) is 72.2. The Morgan fingerprint density at radius 3 is 0.450 bits per heavy atom. The number of hydrogen-bond acceptors (Lipinski definition) is 0. The molecular formula is C20H60. The Morgan fingerprint density at radius 1 is 0.300 bits per heavy atom. The molecule has 0 nitrogen and oxygen atoms in total. The summed E-state index contributed by atoms with van der Waals surface area (Å²) in [7, 11) is 0. The van der Waals surface area contributed by atoms with Crippen LogP contribution in [0, 0.1) is 0 Å². The lowest BCUT2D eigenvalue weighted by Crippen LogP contribution is -1.66. The molecule has 0 amide bonds. The molecule has 0 heterocycles. The van der Waals surface area contributed by atoms with Gasteiger partial charge in [0.2, 0.25) is 0 Å². The van der Waals surface area contributed by atoms with Crippen molar-refractivity contribution in [3.63, 3.8) is 0 Å². The smallest absolute Gasteiger partial charge is 0.0536 e. The van der Waals surface area contributed by atoms with Gasteiger partial charge in [-0.25, -0.2) is 0 Å². The van der Waals surface area contributed by atoms with E-state index >= 15 is 0 Å². The van der Waals surface area contributed by atoms with Gasteiger partial charge < -0.3 is 0 Å². The van der Waals surface area contributed by atoms with E-state index in [2.05, 4.69) is 27.7 Å². The molecule has 0 heteroatoms. The summed E-state index contributed by atoms with van der Waals surface area (Å²) < 4.78 is 0. The van der Waals surface area contributed by atoms with Crippen molar-refractivity contribution >= 4 is 0 Å². The van der Waals surface area contributed by atoms with Crippen molar-refractivity contribution in [3.8, 4) is 0 Å². The highest BCUT2D eigenvalue weighted by atomic mass is 13.8.